The fourth-order valence-electron chi connectivity index (χ4n) is 2.96. The summed E-state index contributed by atoms with van der Waals surface area (Å²) in [6, 6.07) is 5.29. The fourth-order valence-corrected chi connectivity index (χ4v) is 2.96. The second-order valence-corrected chi connectivity index (χ2v) is 5.53. The number of methoxy groups -OCH3 is 2. The maximum absolute atomic E-state index is 10.8. The topological polar surface area (TPSA) is 58.9 Å². The summed E-state index contributed by atoms with van der Waals surface area (Å²) >= 11 is 0. The second-order valence-electron chi connectivity index (χ2n) is 5.53. The van der Waals surface area contributed by atoms with Gasteiger partial charge in [-0.1, -0.05) is 25.7 Å². The van der Waals surface area contributed by atoms with Crippen LogP contribution in [0.4, 0.5) is 0 Å². The first-order valence-electron chi connectivity index (χ1n) is 7.23. The lowest BCUT2D eigenvalue weighted by molar-refractivity contribution is -0.0874. The molecule has 1 saturated carbocycles. The molecule has 0 aliphatic heterocycles. The number of aliphatic hydroxyl groups is 2. The van der Waals surface area contributed by atoms with E-state index in [1.54, 1.807) is 32.4 Å². The van der Waals surface area contributed by atoms with Crippen LogP contribution in [0.1, 0.15) is 50.2 Å². The molecule has 112 valence electrons. The fraction of sp³-hybridized carbons (Fsp3) is 0.625. The van der Waals surface area contributed by atoms with Gasteiger partial charge < -0.3 is 19.7 Å². The van der Waals surface area contributed by atoms with Crippen LogP contribution in [0.15, 0.2) is 18.2 Å². The molecule has 1 aromatic carbocycles. The zero-order chi connectivity index (χ0) is 14.6. The van der Waals surface area contributed by atoms with Crippen LogP contribution >= 0.6 is 0 Å². The van der Waals surface area contributed by atoms with Gasteiger partial charge in [0.25, 0.3) is 0 Å². The molecule has 0 amide bonds. The normalized spacial score (nSPS) is 20.0. The first-order chi connectivity index (χ1) is 9.60. The smallest absolute Gasteiger partial charge is 0.125 e. The van der Waals surface area contributed by atoms with Gasteiger partial charge >= 0.3 is 0 Å². The van der Waals surface area contributed by atoms with Gasteiger partial charge in [-0.3, -0.25) is 0 Å². The number of hydrogen-bond donors (Lipinski definition) is 2. The van der Waals surface area contributed by atoms with E-state index in [4.69, 9.17) is 9.47 Å². The highest BCUT2D eigenvalue weighted by Gasteiger charge is 2.38. The molecule has 2 N–H and O–H groups in total. The Kier molecular flexibility index (Phi) is 4.89. The molecule has 0 radical (unpaired) electrons. The van der Waals surface area contributed by atoms with Crippen molar-refractivity contribution in [2.45, 2.75) is 50.2 Å². The zero-order valence-corrected chi connectivity index (χ0v) is 12.3. The van der Waals surface area contributed by atoms with Crippen molar-refractivity contribution >= 4 is 0 Å². The van der Waals surface area contributed by atoms with E-state index < -0.39 is 11.7 Å². The van der Waals surface area contributed by atoms with Gasteiger partial charge in [0.2, 0.25) is 0 Å². The Morgan fingerprint density at radius 1 is 1.05 bits per heavy atom. The molecule has 1 aliphatic carbocycles. The summed E-state index contributed by atoms with van der Waals surface area (Å²) < 4.78 is 10.5. The lowest BCUT2D eigenvalue weighted by Crippen LogP contribution is -2.36. The molecule has 1 aliphatic rings. The van der Waals surface area contributed by atoms with Gasteiger partial charge in [-0.2, -0.15) is 0 Å². The van der Waals surface area contributed by atoms with Crippen LogP contribution in [0, 0.1) is 0 Å². The third kappa shape index (κ3) is 3.07. The Morgan fingerprint density at radius 2 is 1.70 bits per heavy atom. The van der Waals surface area contributed by atoms with E-state index in [2.05, 4.69) is 0 Å². The highest BCUT2D eigenvalue weighted by Crippen LogP contribution is 2.41. The quantitative estimate of drug-likeness (QED) is 0.833. The summed E-state index contributed by atoms with van der Waals surface area (Å²) in [5.74, 6) is 1.23. The number of ether oxygens (including phenoxy) is 2. The molecule has 1 fully saturated rings. The van der Waals surface area contributed by atoms with Gasteiger partial charge in [-0.05, 0) is 31.0 Å². The Labute approximate surface area is 120 Å². The minimum atomic E-state index is -1.07. The van der Waals surface area contributed by atoms with E-state index >= 15 is 0 Å². The number of hydrogen-bond acceptors (Lipinski definition) is 4. The first-order valence-corrected chi connectivity index (χ1v) is 7.23. The van der Waals surface area contributed by atoms with Crippen molar-refractivity contribution < 1.29 is 19.7 Å². The highest BCUT2D eigenvalue weighted by molar-refractivity contribution is 5.42. The molecule has 0 spiro atoms. The predicted octanol–water partition coefficient (Wildman–Crippen LogP) is 2.82. The average molecular weight is 280 g/mol. The monoisotopic (exact) mass is 280 g/mol. The van der Waals surface area contributed by atoms with Crippen molar-refractivity contribution in [1.29, 1.82) is 0 Å². The Hall–Kier alpha value is -1.26. The predicted molar refractivity (Wildman–Crippen MR) is 77.2 cm³/mol. The molecule has 4 nitrogen and oxygen atoms in total. The van der Waals surface area contributed by atoms with Crippen LogP contribution in [-0.4, -0.2) is 30.0 Å². The molecule has 4 heteroatoms. The van der Waals surface area contributed by atoms with Crippen LogP contribution in [-0.2, 0) is 0 Å². The van der Waals surface area contributed by atoms with Crippen LogP contribution in [0.25, 0.3) is 0 Å². The summed E-state index contributed by atoms with van der Waals surface area (Å²) in [4.78, 5) is 0. The van der Waals surface area contributed by atoms with E-state index in [0.29, 0.717) is 29.9 Å². The number of aliphatic hydroxyl groups excluding tert-OH is 1. The van der Waals surface area contributed by atoms with Crippen molar-refractivity contribution in [2.75, 3.05) is 14.2 Å². The molecule has 1 aromatic rings. The Balaban J connectivity index is 2.32. The van der Waals surface area contributed by atoms with E-state index in [0.717, 1.165) is 25.7 Å². The first kappa shape index (κ1) is 15.1. The highest BCUT2D eigenvalue weighted by atomic mass is 16.5. The maximum atomic E-state index is 10.8. The zero-order valence-electron chi connectivity index (χ0n) is 12.3. The molecular formula is C16H24O4. The van der Waals surface area contributed by atoms with Gasteiger partial charge in [0.15, 0.2) is 0 Å². The van der Waals surface area contributed by atoms with Crippen molar-refractivity contribution in [3.05, 3.63) is 23.8 Å². The molecule has 20 heavy (non-hydrogen) atoms. The molecule has 1 unspecified atom stereocenters. The van der Waals surface area contributed by atoms with Crippen LogP contribution in [0.3, 0.4) is 0 Å². The van der Waals surface area contributed by atoms with Crippen molar-refractivity contribution in [1.82, 2.24) is 0 Å². The molecule has 0 saturated heterocycles. The average Bonchev–Trinajstić information content (AvgIpc) is 2.71. The minimum Gasteiger partial charge on any atom is -0.497 e. The molecule has 2 rings (SSSR count). The summed E-state index contributed by atoms with van der Waals surface area (Å²) in [6.07, 6.45) is 4.41. The molecule has 0 aromatic heterocycles. The van der Waals surface area contributed by atoms with Gasteiger partial charge in [0.1, 0.15) is 17.6 Å². The SMILES string of the molecule is COc1ccc(OC)c(C(O)C2(O)CCCCCC2)c1. The van der Waals surface area contributed by atoms with E-state index in [9.17, 15) is 10.2 Å². The lowest BCUT2D eigenvalue weighted by Gasteiger charge is -2.33. The van der Waals surface area contributed by atoms with Crippen molar-refractivity contribution in [3.63, 3.8) is 0 Å². The summed E-state index contributed by atoms with van der Waals surface area (Å²) in [5, 5.41) is 21.5. The van der Waals surface area contributed by atoms with Gasteiger partial charge in [0, 0.05) is 5.56 Å². The van der Waals surface area contributed by atoms with Crippen molar-refractivity contribution in [3.8, 4) is 11.5 Å². The third-order valence-electron chi connectivity index (χ3n) is 4.21. The standard InChI is InChI=1S/C16H24O4/c1-19-12-7-8-14(20-2)13(11-12)15(17)16(18)9-5-3-4-6-10-16/h7-8,11,15,17-18H,3-6,9-10H2,1-2H3. The molecule has 0 heterocycles. The van der Waals surface area contributed by atoms with Gasteiger partial charge in [-0.25, -0.2) is 0 Å². The van der Waals surface area contributed by atoms with Crippen molar-refractivity contribution in [2.24, 2.45) is 0 Å². The summed E-state index contributed by atoms with van der Waals surface area (Å²) in [6.45, 7) is 0. The van der Waals surface area contributed by atoms with Crippen LogP contribution in [0.2, 0.25) is 0 Å². The maximum Gasteiger partial charge on any atom is 0.125 e. The van der Waals surface area contributed by atoms with Crippen LogP contribution < -0.4 is 9.47 Å². The summed E-state index contributed by atoms with van der Waals surface area (Å²) in [5.41, 5.74) is -0.480. The second kappa shape index (κ2) is 6.46. The van der Waals surface area contributed by atoms with Crippen LogP contribution in [0.5, 0.6) is 11.5 Å². The minimum absolute atomic E-state index is 0.580. The number of benzene rings is 1. The van der Waals surface area contributed by atoms with E-state index in [1.165, 1.54) is 0 Å². The Morgan fingerprint density at radius 3 is 2.25 bits per heavy atom. The molecule has 1 atom stereocenters. The van der Waals surface area contributed by atoms with E-state index in [1.807, 2.05) is 0 Å². The molecule has 0 bridgehead atoms. The molecular weight excluding hydrogens is 256 g/mol. The largest absolute Gasteiger partial charge is 0.497 e. The van der Waals surface area contributed by atoms with Gasteiger partial charge in [-0.15, -0.1) is 0 Å². The number of rotatable bonds is 4. The Bertz CT molecular complexity index is 436. The summed E-state index contributed by atoms with van der Waals surface area (Å²) in [7, 11) is 3.15. The third-order valence-corrected chi connectivity index (χ3v) is 4.21. The van der Waals surface area contributed by atoms with Gasteiger partial charge in [0.05, 0.1) is 19.8 Å². The lowest BCUT2D eigenvalue weighted by atomic mass is 9.84. The van der Waals surface area contributed by atoms with E-state index in [-0.39, 0.29) is 0 Å².